The van der Waals surface area contributed by atoms with Crippen molar-refractivity contribution in [1.29, 1.82) is 0 Å². The Bertz CT molecular complexity index is 1290. The number of esters is 2. The first-order valence-electron chi connectivity index (χ1n) is 13.1. The first-order valence-corrected chi connectivity index (χ1v) is 16.5. The van der Waals surface area contributed by atoms with E-state index in [1.165, 1.54) is 38.5 Å². The molecule has 0 aliphatic rings. The molecule has 13 heteroatoms. The van der Waals surface area contributed by atoms with Crippen LogP contribution in [0.2, 0.25) is 0 Å². The summed E-state index contributed by atoms with van der Waals surface area (Å²) in [5.41, 5.74) is 0.823. The lowest BCUT2D eigenvalue weighted by Gasteiger charge is -2.33. The highest BCUT2D eigenvalue weighted by molar-refractivity contribution is 9.09. The molecule has 0 aliphatic heterocycles. The lowest BCUT2D eigenvalue weighted by atomic mass is 9.90. The SMILES string of the molecule is CC(=N[S@@](=O)C(C)(C)C)c1cccc(F)c1.COC(=O)CBr.COC(=O)C[C@@](C)(N[S@@](=O)C(C)(C)C)c1cccc(F)c1. The van der Waals surface area contributed by atoms with E-state index in [0.717, 1.165) is 0 Å². The largest absolute Gasteiger partial charge is 0.469 e. The van der Waals surface area contributed by atoms with Crippen molar-refractivity contribution in [2.75, 3.05) is 19.5 Å². The van der Waals surface area contributed by atoms with E-state index < -0.39 is 48.8 Å². The highest BCUT2D eigenvalue weighted by Gasteiger charge is 2.35. The van der Waals surface area contributed by atoms with Gasteiger partial charge in [-0.2, -0.15) is 4.40 Å². The lowest BCUT2D eigenvalue weighted by molar-refractivity contribution is -0.142. The molecule has 0 saturated carbocycles. The van der Waals surface area contributed by atoms with Crippen molar-refractivity contribution in [2.24, 2.45) is 4.40 Å². The summed E-state index contributed by atoms with van der Waals surface area (Å²) in [6.45, 7) is 14.5. The Morgan fingerprint density at radius 1 is 0.860 bits per heavy atom. The second-order valence-corrected chi connectivity index (χ2v) is 15.8. The summed E-state index contributed by atoms with van der Waals surface area (Å²) in [4.78, 5) is 21.6. The molecule has 0 bridgehead atoms. The van der Waals surface area contributed by atoms with Crippen LogP contribution in [0.1, 0.15) is 72.9 Å². The van der Waals surface area contributed by atoms with E-state index in [4.69, 9.17) is 4.74 Å². The average Bonchev–Trinajstić information content (AvgIpc) is 2.92. The molecule has 3 atom stereocenters. The van der Waals surface area contributed by atoms with Gasteiger partial charge in [-0.25, -0.2) is 21.9 Å². The quantitative estimate of drug-likeness (QED) is 0.196. The van der Waals surface area contributed by atoms with Gasteiger partial charge in [-0.1, -0.05) is 40.2 Å². The van der Waals surface area contributed by atoms with Gasteiger partial charge in [0.15, 0.2) is 0 Å². The number of methoxy groups -OCH3 is 2. The molecule has 0 radical (unpaired) electrons. The summed E-state index contributed by atoms with van der Waals surface area (Å²) >= 11 is 2.90. The zero-order chi connectivity index (χ0) is 33.6. The number of carbonyl (C=O) groups excluding carboxylic acids is 2. The molecule has 2 aromatic carbocycles. The van der Waals surface area contributed by atoms with E-state index in [1.54, 1.807) is 38.1 Å². The highest BCUT2D eigenvalue weighted by atomic mass is 79.9. The summed E-state index contributed by atoms with van der Waals surface area (Å²) < 4.78 is 65.6. The topological polar surface area (TPSA) is 111 Å². The van der Waals surface area contributed by atoms with Gasteiger partial charge in [0.25, 0.3) is 0 Å². The van der Waals surface area contributed by atoms with Crippen molar-refractivity contribution in [3.63, 3.8) is 0 Å². The van der Waals surface area contributed by atoms with Crippen LogP contribution >= 0.6 is 15.9 Å². The molecule has 0 aliphatic carbocycles. The van der Waals surface area contributed by atoms with Crippen LogP contribution in [-0.4, -0.2) is 55.1 Å². The van der Waals surface area contributed by atoms with Crippen molar-refractivity contribution in [3.8, 4) is 0 Å². The van der Waals surface area contributed by atoms with Gasteiger partial charge in [0.05, 0.1) is 52.4 Å². The molecule has 0 fully saturated rings. The summed E-state index contributed by atoms with van der Waals surface area (Å²) in [7, 11) is -0.0840. The maximum atomic E-state index is 13.5. The van der Waals surface area contributed by atoms with Crippen LogP contribution in [0.15, 0.2) is 52.9 Å². The van der Waals surface area contributed by atoms with E-state index in [1.807, 2.05) is 41.5 Å². The van der Waals surface area contributed by atoms with Gasteiger partial charge in [-0.05, 0) is 90.8 Å². The van der Waals surface area contributed by atoms with Gasteiger partial charge in [0.1, 0.15) is 28.0 Å². The lowest BCUT2D eigenvalue weighted by Crippen LogP contribution is -2.47. The van der Waals surface area contributed by atoms with Crippen molar-refractivity contribution < 1.29 is 36.3 Å². The van der Waals surface area contributed by atoms with Gasteiger partial charge in [0, 0.05) is 0 Å². The monoisotopic (exact) mass is 708 g/mol. The van der Waals surface area contributed by atoms with E-state index in [2.05, 4.69) is 29.8 Å². The third kappa shape index (κ3) is 15.8. The predicted octanol–water partition coefficient (Wildman–Crippen LogP) is 6.31. The molecule has 0 spiro atoms. The molecule has 0 unspecified atom stereocenters. The summed E-state index contributed by atoms with van der Waals surface area (Å²) in [6.07, 6.45) is -0.0469. The fraction of sp³-hybridized carbons (Fsp3) is 0.500. The Balaban J connectivity index is 0.000000707. The van der Waals surface area contributed by atoms with Crippen LogP contribution in [0.5, 0.6) is 0 Å². The number of ether oxygens (including phenoxy) is 2. The third-order valence-corrected chi connectivity index (χ3v) is 9.08. The smallest absolute Gasteiger partial charge is 0.316 e. The van der Waals surface area contributed by atoms with E-state index in [0.29, 0.717) is 16.8 Å². The Morgan fingerprint density at radius 3 is 1.77 bits per heavy atom. The van der Waals surface area contributed by atoms with Crippen LogP contribution in [0.3, 0.4) is 0 Å². The Morgan fingerprint density at radius 2 is 1.37 bits per heavy atom. The van der Waals surface area contributed by atoms with Crippen LogP contribution < -0.4 is 4.72 Å². The third-order valence-electron chi connectivity index (χ3n) is 5.38. The minimum atomic E-state index is -1.41. The average molecular weight is 710 g/mol. The second-order valence-electron chi connectivity index (χ2n) is 11.3. The first kappa shape index (κ1) is 40.6. The minimum Gasteiger partial charge on any atom is -0.469 e. The van der Waals surface area contributed by atoms with E-state index in [9.17, 15) is 26.8 Å². The molecular weight excluding hydrogens is 666 g/mol. The predicted molar refractivity (Wildman–Crippen MR) is 174 cm³/mol. The Labute approximate surface area is 267 Å². The van der Waals surface area contributed by atoms with Crippen molar-refractivity contribution in [2.45, 2.75) is 76.8 Å². The molecule has 242 valence electrons. The summed E-state index contributed by atoms with van der Waals surface area (Å²) in [5.74, 6) is -1.42. The number of hydrogen-bond donors (Lipinski definition) is 1. The number of nitrogens with zero attached hydrogens (tertiary/aromatic N) is 1. The molecule has 2 rings (SSSR count). The number of alkyl halides is 1. The minimum absolute atomic E-state index is 0.0469. The fourth-order valence-corrected chi connectivity index (χ4v) is 4.59. The Hall–Kier alpha value is -2.35. The van der Waals surface area contributed by atoms with Gasteiger partial charge in [-0.3, -0.25) is 9.59 Å². The van der Waals surface area contributed by atoms with Crippen molar-refractivity contribution in [3.05, 3.63) is 71.3 Å². The number of nitrogens with one attached hydrogen (secondary N) is 1. The van der Waals surface area contributed by atoms with E-state index >= 15 is 0 Å². The summed E-state index contributed by atoms with van der Waals surface area (Å²) in [5, 5.41) is 0.281. The summed E-state index contributed by atoms with van der Waals surface area (Å²) in [6, 6.07) is 12.0. The van der Waals surface area contributed by atoms with Gasteiger partial charge < -0.3 is 9.47 Å². The molecule has 0 saturated heterocycles. The zero-order valence-corrected chi connectivity index (χ0v) is 29.6. The normalized spacial score (nSPS) is 14.5. The molecular formula is C30H43BrF2N2O6S2. The molecule has 0 amide bonds. The van der Waals surface area contributed by atoms with Crippen molar-refractivity contribution in [1.82, 2.24) is 4.72 Å². The molecule has 0 heterocycles. The fourth-order valence-electron chi connectivity index (χ4n) is 2.83. The van der Waals surface area contributed by atoms with Crippen LogP contribution in [0.25, 0.3) is 0 Å². The zero-order valence-electron chi connectivity index (χ0n) is 26.4. The van der Waals surface area contributed by atoms with Crippen LogP contribution in [0, 0.1) is 11.6 Å². The second kappa shape index (κ2) is 18.5. The van der Waals surface area contributed by atoms with Crippen LogP contribution in [-0.2, 0) is 46.6 Å². The first-order chi connectivity index (χ1) is 19.7. The molecule has 2 aromatic rings. The molecule has 0 aromatic heterocycles. The standard InChI is InChI=1S/C15H22FNO3S.C12H16FNOS.C3H5BrO2/c1-14(2,3)21(19)17-15(4,10-13(18)20-5)11-7-6-8-12(16)9-11;1-9(14-16(15)12(2,3)4)10-6-5-7-11(13)8-10;1-6-3(5)2-4/h6-9,17H,10H2,1-5H3;5-8H,1-4H3;2H2,1H3/t15-,21+;16-;/m10./s1. The number of halogens is 3. The molecule has 43 heavy (non-hydrogen) atoms. The van der Waals surface area contributed by atoms with Gasteiger partial charge >= 0.3 is 11.9 Å². The highest BCUT2D eigenvalue weighted by Crippen LogP contribution is 2.28. The van der Waals surface area contributed by atoms with Gasteiger partial charge in [0.2, 0.25) is 0 Å². The molecule has 8 nitrogen and oxygen atoms in total. The molecule has 1 N–H and O–H groups in total. The van der Waals surface area contributed by atoms with Gasteiger partial charge in [-0.15, -0.1) is 0 Å². The Kier molecular flexibility index (Phi) is 17.4. The van der Waals surface area contributed by atoms with Crippen LogP contribution in [0.4, 0.5) is 8.78 Å². The number of rotatable bonds is 8. The number of hydrogen-bond acceptors (Lipinski definition) is 6. The maximum absolute atomic E-state index is 13.5. The van der Waals surface area contributed by atoms with E-state index in [-0.39, 0.29) is 23.5 Å². The number of carbonyl (C=O) groups is 2. The number of benzene rings is 2. The maximum Gasteiger partial charge on any atom is 0.316 e. The van der Waals surface area contributed by atoms with Crippen molar-refractivity contribution >= 4 is 55.6 Å².